The second-order valence-electron chi connectivity index (χ2n) is 5.85. The second kappa shape index (κ2) is 9.74. The Labute approximate surface area is 154 Å². The zero-order valence-electron chi connectivity index (χ0n) is 15.7. The molecule has 2 rings (SSSR count). The molecule has 1 aliphatic rings. The van der Waals surface area contributed by atoms with Crippen molar-refractivity contribution in [3.05, 3.63) is 23.8 Å². The van der Waals surface area contributed by atoms with Gasteiger partial charge >= 0.3 is 6.09 Å². The van der Waals surface area contributed by atoms with Crippen LogP contribution in [-0.2, 0) is 11.3 Å². The number of hydrogen-bond donors (Lipinski definition) is 2. The third-order valence-electron chi connectivity index (χ3n) is 4.09. The monoisotopic (exact) mass is 364 g/mol. The van der Waals surface area contributed by atoms with Crippen LogP contribution in [0.4, 0.5) is 4.79 Å². The van der Waals surface area contributed by atoms with Crippen molar-refractivity contribution in [2.45, 2.75) is 20.4 Å². The summed E-state index contributed by atoms with van der Waals surface area (Å²) in [5.74, 6) is 1.35. The fraction of sp³-hybridized carbons (Fsp3) is 0.556. The largest absolute Gasteiger partial charge is 0.504 e. The Balaban J connectivity index is 1.99. The van der Waals surface area contributed by atoms with Gasteiger partial charge in [-0.2, -0.15) is 0 Å². The molecule has 0 unspecified atom stereocenters. The molecule has 144 valence electrons. The number of benzene rings is 1. The fourth-order valence-corrected chi connectivity index (χ4v) is 2.74. The first-order chi connectivity index (χ1) is 12.6. The highest BCUT2D eigenvalue weighted by Gasteiger charge is 2.23. The molecule has 8 nitrogen and oxygen atoms in total. The van der Waals surface area contributed by atoms with Gasteiger partial charge in [-0.15, -0.1) is 0 Å². The van der Waals surface area contributed by atoms with Crippen LogP contribution in [0.5, 0.6) is 11.5 Å². The highest BCUT2D eigenvalue weighted by Crippen LogP contribution is 2.26. The molecule has 1 aliphatic heterocycles. The molecule has 1 amide bonds. The number of amides is 1. The van der Waals surface area contributed by atoms with Crippen LogP contribution in [0.15, 0.2) is 23.2 Å². The van der Waals surface area contributed by atoms with Crippen molar-refractivity contribution in [1.82, 2.24) is 15.1 Å². The van der Waals surface area contributed by atoms with Crippen LogP contribution in [0.25, 0.3) is 0 Å². The van der Waals surface area contributed by atoms with Gasteiger partial charge in [0.05, 0.1) is 20.3 Å². The number of aromatic hydroxyl groups is 1. The molecule has 0 aromatic heterocycles. The van der Waals surface area contributed by atoms with Crippen LogP contribution in [0.1, 0.15) is 19.4 Å². The van der Waals surface area contributed by atoms with Crippen molar-refractivity contribution >= 4 is 12.1 Å². The number of phenols is 1. The van der Waals surface area contributed by atoms with Crippen LogP contribution >= 0.6 is 0 Å². The first-order valence-corrected chi connectivity index (χ1v) is 8.89. The molecule has 8 heteroatoms. The summed E-state index contributed by atoms with van der Waals surface area (Å²) in [5.41, 5.74) is 0.892. The number of carbonyl (C=O) groups excluding carboxylic acids is 1. The number of piperazine rings is 1. The molecular formula is C18H28N4O4. The number of methoxy groups -OCH3 is 1. The van der Waals surface area contributed by atoms with Crippen molar-refractivity contribution in [1.29, 1.82) is 0 Å². The molecule has 1 saturated heterocycles. The molecule has 0 radical (unpaired) electrons. The van der Waals surface area contributed by atoms with E-state index in [-0.39, 0.29) is 11.8 Å². The Morgan fingerprint density at radius 3 is 2.50 bits per heavy atom. The van der Waals surface area contributed by atoms with Gasteiger partial charge in [-0.05, 0) is 31.5 Å². The molecule has 1 heterocycles. The van der Waals surface area contributed by atoms with E-state index in [1.54, 1.807) is 24.0 Å². The van der Waals surface area contributed by atoms with E-state index in [1.807, 2.05) is 13.0 Å². The number of ether oxygens (including phenoxy) is 2. The summed E-state index contributed by atoms with van der Waals surface area (Å²) in [6.45, 7) is 8.00. The molecule has 2 N–H and O–H groups in total. The van der Waals surface area contributed by atoms with Gasteiger partial charge in [0.25, 0.3) is 0 Å². The number of nitrogens with one attached hydrogen (secondary N) is 1. The van der Waals surface area contributed by atoms with Crippen LogP contribution in [-0.4, -0.2) is 73.4 Å². The van der Waals surface area contributed by atoms with Crippen LogP contribution in [0.2, 0.25) is 0 Å². The maximum atomic E-state index is 11.8. The molecule has 26 heavy (non-hydrogen) atoms. The van der Waals surface area contributed by atoms with Gasteiger partial charge in [0.2, 0.25) is 0 Å². The third kappa shape index (κ3) is 5.18. The first kappa shape index (κ1) is 19.7. The minimum Gasteiger partial charge on any atom is -0.504 e. The first-order valence-electron chi connectivity index (χ1n) is 8.89. The summed E-state index contributed by atoms with van der Waals surface area (Å²) in [6.07, 6.45) is -0.261. The van der Waals surface area contributed by atoms with E-state index in [4.69, 9.17) is 9.47 Å². The van der Waals surface area contributed by atoms with E-state index in [1.165, 1.54) is 7.11 Å². The lowest BCUT2D eigenvalue weighted by atomic mass is 10.2. The lowest BCUT2D eigenvalue weighted by molar-refractivity contribution is 0.0914. The fourth-order valence-electron chi connectivity index (χ4n) is 2.74. The SMILES string of the molecule is CCNC(=NCc1ccc(OC)c(O)c1)N1CCN(C(=O)OCC)CC1. The Hall–Kier alpha value is -2.64. The molecule has 0 spiro atoms. The van der Waals surface area contributed by atoms with Gasteiger partial charge in [0.1, 0.15) is 0 Å². The van der Waals surface area contributed by atoms with Gasteiger partial charge in [-0.25, -0.2) is 9.79 Å². The molecule has 0 aliphatic carbocycles. The Morgan fingerprint density at radius 1 is 1.23 bits per heavy atom. The summed E-state index contributed by atoms with van der Waals surface area (Å²) < 4.78 is 10.1. The third-order valence-corrected chi connectivity index (χ3v) is 4.09. The molecule has 1 aromatic rings. The number of hydrogen-bond acceptors (Lipinski definition) is 5. The maximum absolute atomic E-state index is 11.8. The topological polar surface area (TPSA) is 86.6 Å². The molecule has 0 saturated carbocycles. The van der Waals surface area contributed by atoms with Gasteiger partial charge < -0.3 is 29.7 Å². The van der Waals surface area contributed by atoms with Crippen molar-refractivity contribution in [2.75, 3.05) is 46.4 Å². The normalized spacial score (nSPS) is 15.0. The average Bonchev–Trinajstić information content (AvgIpc) is 2.65. The predicted octanol–water partition coefficient (Wildman–Crippen LogP) is 1.64. The van der Waals surface area contributed by atoms with E-state index in [0.29, 0.717) is 45.1 Å². The lowest BCUT2D eigenvalue weighted by Crippen LogP contribution is -2.53. The van der Waals surface area contributed by atoms with Gasteiger partial charge in [0.15, 0.2) is 17.5 Å². The quantitative estimate of drug-likeness (QED) is 0.610. The minimum absolute atomic E-state index is 0.105. The number of nitrogens with zero attached hydrogens (tertiary/aromatic N) is 3. The Kier molecular flexibility index (Phi) is 7.37. The molecule has 1 aromatic carbocycles. The minimum atomic E-state index is -0.261. The number of phenolic OH excluding ortho intramolecular Hbond substituents is 1. The highest BCUT2D eigenvalue weighted by molar-refractivity contribution is 5.80. The number of carbonyl (C=O) groups is 1. The number of rotatable bonds is 5. The van der Waals surface area contributed by atoms with Crippen molar-refractivity contribution in [2.24, 2.45) is 4.99 Å². The molecular weight excluding hydrogens is 336 g/mol. The second-order valence-corrected chi connectivity index (χ2v) is 5.85. The number of aliphatic imine (C=N–C) groups is 1. The van der Waals surface area contributed by atoms with Crippen LogP contribution < -0.4 is 10.1 Å². The zero-order chi connectivity index (χ0) is 18.9. The predicted molar refractivity (Wildman–Crippen MR) is 99.6 cm³/mol. The summed E-state index contributed by atoms with van der Waals surface area (Å²) in [5, 5.41) is 13.2. The zero-order valence-corrected chi connectivity index (χ0v) is 15.7. The van der Waals surface area contributed by atoms with Crippen LogP contribution in [0, 0.1) is 0 Å². The van der Waals surface area contributed by atoms with Gasteiger partial charge in [-0.3, -0.25) is 0 Å². The average molecular weight is 364 g/mol. The van der Waals surface area contributed by atoms with Gasteiger partial charge in [-0.1, -0.05) is 6.07 Å². The van der Waals surface area contributed by atoms with E-state index in [2.05, 4.69) is 15.2 Å². The maximum Gasteiger partial charge on any atom is 0.409 e. The Morgan fingerprint density at radius 2 is 1.92 bits per heavy atom. The highest BCUT2D eigenvalue weighted by atomic mass is 16.6. The van der Waals surface area contributed by atoms with E-state index >= 15 is 0 Å². The van der Waals surface area contributed by atoms with E-state index in [0.717, 1.165) is 18.1 Å². The summed E-state index contributed by atoms with van der Waals surface area (Å²) in [4.78, 5) is 20.3. The van der Waals surface area contributed by atoms with Crippen molar-refractivity contribution in [3.8, 4) is 11.5 Å². The smallest absolute Gasteiger partial charge is 0.409 e. The summed E-state index contributed by atoms with van der Waals surface area (Å²) >= 11 is 0. The van der Waals surface area contributed by atoms with Gasteiger partial charge in [0, 0.05) is 32.7 Å². The molecule has 0 atom stereocenters. The van der Waals surface area contributed by atoms with E-state index in [9.17, 15) is 9.90 Å². The van der Waals surface area contributed by atoms with Crippen molar-refractivity contribution in [3.63, 3.8) is 0 Å². The van der Waals surface area contributed by atoms with Crippen molar-refractivity contribution < 1.29 is 19.4 Å². The number of guanidine groups is 1. The lowest BCUT2D eigenvalue weighted by Gasteiger charge is -2.35. The summed E-state index contributed by atoms with van der Waals surface area (Å²) in [6, 6.07) is 5.26. The molecule has 0 bridgehead atoms. The standard InChI is InChI=1S/C18H28N4O4/c1-4-19-17(20-13-14-6-7-16(25-3)15(23)12-14)21-8-10-22(11-9-21)18(24)26-5-2/h6-7,12,23H,4-5,8-11,13H2,1-3H3,(H,19,20). The Bertz CT molecular complexity index is 628. The summed E-state index contributed by atoms with van der Waals surface area (Å²) in [7, 11) is 1.52. The van der Waals surface area contributed by atoms with Crippen LogP contribution in [0.3, 0.4) is 0 Å². The molecule has 1 fully saturated rings. The van der Waals surface area contributed by atoms with E-state index < -0.39 is 0 Å².